The third-order valence-corrected chi connectivity index (χ3v) is 2.07. The van der Waals surface area contributed by atoms with Crippen LogP contribution in [0, 0.1) is 5.41 Å². The summed E-state index contributed by atoms with van der Waals surface area (Å²) in [5.74, 6) is 0.0409. The van der Waals surface area contributed by atoms with Crippen molar-refractivity contribution >= 4 is 5.91 Å². The number of amides is 1. The van der Waals surface area contributed by atoms with Gasteiger partial charge in [0, 0.05) is 18.9 Å². The number of hydrogen-bond acceptors (Lipinski definition) is 1. The Labute approximate surface area is 73.4 Å². The van der Waals surface area contributed by atoms with E-state index in [4.69, 9.17) is 0 Å². The van der Waals surface area contributed by atoms with Gasteiger partial charge < -0.3 is 5.32 Å². The molecule has 0 unspecified atom stereocenters. The fraction of sp³-hybridized carbons (Fsp3) is 0.500. The van der Waals surface area contributed by atoms with E-state index in [2.05, 4.69) is 24.4 Å². The lowest BCUT2D eigenvalue weighted by atomic mass is 9.84. The number of rotatable bonds is 2. The monoisotopic (exact) mass is 165 g/mol. The normalized spacial score (nSPS) is 27.2. The van der Waals surface area contributed by atoms with Crippen LogP contribution < -0.4 is 5.32 Å². The molecule has 0 bridgehead atoms. The van der Waals surface area contributed by atoms with Crippen molar-refractivity contribution in [3.05, 3.63) is 24.3 Å². The maximum Gasteiger partial charge on any atom is 0.216 e. The predicted molar refractivity (Wildman–Crippen MR) is 49.7 cm³/mol. The average molecular weight is 165 g/mol. The second-order valence-corrected chi connectivity index (χ2v) is 3.56. The molecule has 0 spiro atoms. The molecule has 0 heterocycles. The summed E-state index contributed by atoms with van der Waals surface area (Å²) in [6.07, 6.45) is 9.34. The average Bonchev–Trinajstić information content (AvgIpc) is 2.03. The van der Waals surface area contributed by atoms with Crippen LogP contribution in [-0.4, -0.2) is 12.5 Å². The van der Waals surface area contributed by atoms with Crippen molar-refractivity contribution in [1.82, 2.24) is 5.32 Å². The van der Waals surface area contributed by atoms with Gasteiger partial charge >= 0.3 is 0 Å². The SMILES string of the molecule is CC(=O)NC[C@@]1(C)C=CC=CC1. The summed E-state index contributed by atoms with van der Waals surface area (Å²) in [6.45, 7) is 4.41. The van der Waals surface area contributed by atoms with E-state index in [9.17, 15) is 4.79 Å². The van der Waals surface area contributed by atoms with Crippen LogP contribution in [0.1, 0.15) is 20.3 Å². The van der Waals surface area contributed by atoms with E-state index in [0.29, 0.717) is 0 Å². The van der Waals surface area contributed by atoms with Crippen molar-refractivity contribution in [3.63, 3.8) is 0 Å². The molecule has 66 valence electrons. The molecule has 2 heteroatoms. The number of carbonyl (C=O) groups excluding carboxylic acids is 1. The molecule has 2 nitrogen and oxygen atoms in total. The zero-order valence-electron chi connectivity index (χ0n) is 7.63. The highest BCUT2D eigenvalue weighted by atomic mass is 16.1. The van der Waals surface area contributed by atoms with Gasteiger partial charge in [-0.2, -0.15) is 0 Å². The Morgan fingerprint density at radius 1 is 1.58 bits per heavy atom. The molecular formula is C10H15NO. The molecule has 1 N–H and O–H groups in total. The summed E-state index contributed by atoms with van der Waals surface area (Å²) >= 11 is 0. The van der Waals surface area contributed by atoms with Crippen LogP contribution >= 0.6 is 0 Å². The zero-order valence-corrected chi connectivity index (χ0v) is 7.63. The molecule has 0 aromatic rings. The quantitative estimate of drug-likeness (QED) is 0.662. The lowest BCUT2D eigenvalue weighted by Crippen LogP contribution is -2.33. The topological polar surface area (TPSA) is 29.1 Å². The minimum absolute atomic E-state index is 0.0409. The van der Waals surface area contributed by atoms with Gasteiger partial charge in [0.15, 0.2) is 0 Å². The third kappa shape index (κ3) is 2.53. The fourth-order valence-electron chi connectivity index (χ4n) is 1.23. The molecule has 0 saturated carbocycles. The van der Waals surface area contributed by atoms with E-state index in [0.717, 1.165) is 13.0 Å². The summed E-state index contributed by atoms with van der Waals surface area (Å²) in [7, 11) is 0. The molecule has 1 atom stereocenters. The summed E-state index contributed by atoms with van der Waals surface area (Å²) in [6, 6.07) is 0. The first-order valence-corrected chi connectivity index (χ1v) is 4.21. The van der Waals surface area contributed by atoms with Gasteiger partial charge in [0.05, 0.1) is 0 Å². The molecule has 1 rings (SSSR count). The number of nitrogens with one attached hydrogen (secondary N) is 1. The summed E-state index contributed by atoms with van der Waals surface area (Å²) in [4.78, 5) is 10.7. The predicted octanol–water partition coefficient (Wildman–Crippen LogP) is 1.64. The standard InChI is InChI=1S/C10H15NO/c1-9(12)11-8-10(2)6-4-3-5-7-10/h3-6H,7-8H2,1-2H3,(H,11,12)/t10-/m0/s1. The van der Waals surface area contributed by atoms with Crippen molar-refractivity contribution in [1.29, 1.82) is 0 Å². The van der Waals surface area contributed by atoms with Gasteiger partial charge in [-0.25, -0.2) is 0 Å². The van der Waals surface area contributed by atoms with Gasteiger partial charge in [-0.05, 0) is 6.42 Å². The van der Waals surface area contributed by atoms with E-state index in [1.165, 1.54) is 0 Å². The van der Waals surface area contributed by atoms with Crippen LogP contribution in [0.2, 0.25) is 0 Å². The fourth-order valence-corrected chi connectivity index (χ4v) is 1.23. The summed E-state index contributed by atoms with van der Waals surface area (Å²) in [5.41, 5.74) is 0.112. The summed E-state index contributed by atoms with van der Waals surface area (Å²) < 4.78 is 0. The lowest BCUT2D eigenvalue weighted by Gasteiger charge is -2.26. The van der Waals surface area contributed by atoms with Crippen molar-refractivity contribution in [3.8, 4) is 0 Å². The first-order valence-electron chi connectivity index (χ1n) is 4.21. The van der Waals surface area contributed by atoms with Crippen LogP contribution in [0.4, 0.5) is 0 Å². The van der Waals surface area contributed by atoms with E-state index in [-0.39, 0.29) is 11.3 Å². The van der Waals surface area contributed by atoms with Crippen LogP contribution in [0.5, 0.6) is 0 Å². The second-order valence-electron chi connectivity index (χ2n) is 3.56. The Morgan fingerprint density at radius 2 is 2.33 bits per heavy atom. The molecule has 0 aromatic heterocycles. The molecule has 1 amide bonds. The van der Waals surface area contributed by atoms with E-state index in [1.807, 2.05) is 12.2 Å². The molecule has 0 fully saturated rings. The molecule has 0 radical (unpaired) electrons. The lowest BCUT2D eigenvalue weighted by molar-refractivity contribution is -0.119. The van der Waals surface area contributed by atoms with E-state index >= 15 is 0 Å². The number of hydrogen-bond donors (Lipinski definition) is 1. The number of allylic oxidation sites excluding steroid dienone is 3. The van der Waals surface area contributed by atoms with Crippen LogP contribution in [-0.2, 0) is 4.79 Å². The Balaban J connectivity index is 2.44. The minimum Gasteiger partial charge on any atom is -0.355 e. The van der Waals surface area contributed by atoms with Gasteiger partial charge in [0.2, 0.25) is 5.91 Å². The molecule has 0 aliphatic heterocycles. The van der Waals surface area contributed by atoms with Crippen molar-refractivity contribution in [2.45, 2.75) is 20.3 Å². The van der Waals surface area contributed by atoms with Gasteiger partial charge in [-0.1, -0.05) is 31.2 Å². The van der Waals surface area contributed by atoms with Gasteiger partial charge in [-0.3, -0.25) is 4.79 Å². The van der Waals surface area contributed by atoms with Crippen molar-refractivity contribution in [2.24, 2.45) is 5.41 Å². The zero-order chi connectivity index (χ0) is 9.03. The molecule has 0 saturated heterocycles. The second kappa shape index (κ2) is 3.57. The van der Waals surface area contributed by atoms with Crippen LogP contribution in [0.25, 0.3) is 0 Å². The maximum atomic E-state index is 10.7. The minimum atomic E-state index is 0.0409. The van der Waals surface area contributed by atoms with Gasteiger partial charge in [-0.15, -0.1) is 0 Å². The van der Waals surface area contributed by atoms with Crippen LogP contribution in [0.3, 0.4) is 0 Å². The Kier molecular flexibility index (Phi) is 2.69. The highest BCUT2D eigenvalue weighted by molar-refractivity contribution is 5.72. The first kappa shape index (κ1) is 9.04. The molecule has 1 aliphatic carbocycles. The maximum absolute atomic E-state index is 10.7. The van der Waals surface area contributed by atoms with E-state index in [1.54, 1.807) is 6.92 Å². The molecule has 12 heavy (non-hydrogen) atoms. The smallest absolute Gasteiger partial charge is 0.216 e. The highest BCUT2D eigenvalue weighted by Crippen LogP contribution is 2.25. The molecule has 1 aliphatic rings. The van der Waals surface area contributed by atoms with Crippen LogP contribution in [0.15, 0.2) is 24.3 Å². The number of carbonyl (C=O) groups is 1. The van der Waals surface area contributed by atoms with E-state index < -0.39 is 0 Å². The van der Waals surface area contributed by atoms with Crippen molar-refractivity contribution in [2.75, 3.05) is 6.54 Å². The largest absolute Gasteiger partial charge is 0.355 e. The highest BCUT2D eigenvalue weighted by Gasteiger charge is 2.20. The van der Waals surface area contributed by atoms with Gasteiger partial charge in [0.1, 0.15) is 0 Å². The first-order chi connectivity index (χ1) is 5.62. The van der Waals surface area contributed by atoms with Gasteiger partial charge in [0.25, 0.3) is 0 Å². The molecule has 0 aromatic carbocycles. The Morgan fingerprint density at radius 3 is 2.83 bits per heavy atom. The molecular weight excluding hydrogens is 150 g/mol. The third-order valence-electron chi connectivity index (χ3n) is 2.07. The Bertz CT molecular complexity index is 230. The Hall–Kier alpha value is -1.05. The summed E-state index contributed by atoms with van der Waals surface area (Å²) in [5, 5.41) is 2.83. The van der Waals surface area contributed by atoms with Crippen molar-refractivity contribution < 1.29 is 4.79 Å².